The summed E-state index contributed by atoms with van der Waals surface area (Å²) in [6, 6.07) is 2.78. The zero-order valence-electron chi connectivity index (χ0n) is 11.0. The van der Waals surface area contributed by atoms with Crippen molar-refractivity contribution in [3.63, 3.8) is 0 Å². The van der Waals surface area contributed by atoms with Gasteiger partial charge in [0.05, 0.1) is 6.54 Å². The molecule has 1 aromatic rings. The van der Waals surface area contributed by atoms with Gasteiger partial charge >= 0.3 is 0 Å². The summed E-state index contributed by atoms with van der Waals surface area (Å²) in [4.78, 5) is 15.3. The molecule has 1 rings (SSSR count). The number of anilines is 1. The van der Waals surface area contributed by atoms with Crippen LogP contribution in [0.3, 0.4) is 0 Å². The van der Waals surface area contributed by atoms with Gasteiger partial charge in [-0.3, -0.25) is 4.79 Å². The Morgan fingerprint density at radius 3 is 2.58 bits per heavy atom. The SMILES string of the molecule is CCNC(=O)CN(CC)S(=O)(=O)c1ccc(N)nc1. The van der Waals surface area contributed by atoms with Crippen molar-refractivity contribution in [2.45, 2.75) is 18.7 Å². The van der Waals surface area contributed by atoms with Crippen molar-refractivity contribution >= 4 is 21.7 Å². The Bertz CT molecular complexity index is 527. The van der Waals surface area contributed by atoms with E-state index in [9.17, 15) is 13.2 Å². The van der Waals surface area contributed by atoms with Crippen LogP contribution in [0, 0.1) is 0 Å². The Kier molecular flexibility index (Phi) is 5.25. The van der Waals surface area contributed by atoms with Crippen LogP contribution >= 0.6 is 0 Å². The number of carbonyl (C=O) groups is 1. The monoisotopic (exact) mass is 286 g/mol. The summed E-state index contributed by atoms with van der Waals surface area (Å²) in [5, 5.41) is 2.56. The summed E-state index contributed by atoms with van der Waals surface area (Å²) in [5.41, 5.74) is 5.42. The first-order valence-corrected chi connectivity index (χ1v) is 7.34. The topological polar surface area (TPSA) is 105 Å². The van der Waals surface area contributed by atoms with Crippen LogP contribution in [-0.4, -0.2) is 43.2 Å². The van der Waals surface area contributed by atoms with Crippen molar-refractivity contribution in [2.24, 2.45) is 0 Å². The molecular weight excluding hydrogens is 268 g/mol. The largest absolute Gasteiger partial charge is 0.384 e. The molecule has 7 nitrogen and oxygen atoms in total. The minimum Gasteiger partial charge on any atom is -0.384 e. The molecule has 0 aliphatic heterocycles. The van der Waals surface area contributed by atoms with Crippen LogP contribution < -0.4 is 11.1 Å². The summed E-state index contributed by atoms with van der Waals surface area (Å²) in [7, 11) is -3.73. The van der Waals surface area contributed by atoms with E-state index < -0.39 is 10.0 Å². The van der Waals surface area contributed by atoms with Gasteiger partial charge in [0.1, 0.15) is 10.7 Å². The average Bonchev–Trinajstić information content (AvgIpc) is 2.36. The van der Waals surface area contributed by atoms with E-state index >= 15 is 0 Å². The minimum atomic E-state index is -3.73. The predicted molar refractivity (Wildman–Crippen MR) is 71.8 cm³/mol. The summed E-state index contributed by atoms with van der Waals surface area (Å²) in [6.45, 7) is 3.88. The van der Waals surface area contributed by atoms with Gasteiger partial charge in [0.15, 0.2) is 0 Å². The van der Waals surface area contributed by atoms with Gasteiger partial charge in [0, 0.05) is 19.3 Å². The molecule has 1 aromatic heterocycles. The van der Waals surface area contributed by atoms with Gasteiger partial charge in [-0.15, -0.1) is 0 Å². The number of nitrogens with one attached hydrogen (secondary N) is 1. The summed E-state index contributed by atoms with van der Waals surface area (Å²) in [5.74, 6) is -0.0953. The van der Waals surface area contributed by atoms with Crippen molar-refractivity contribution in [1.82, 2.24) is 14.6 Å². The number of amides is 1. The number of likely N-dealkylation sites (N-methyl/N-ethyl adjacent to an activating group) is 2. The van der Waals surface area contributed by atoms with E-state index in [2.05, 4.69) is 10.3 Å². The molecule has 1 amide bonds. The third-order valence-electron chi connectivity index (χ3n) is 2.44. The van der Waals surface area contributed by atoms with Crippen LogP contribution in [0.1, 0.15) is 13.8 Å². The average molecular weight is 286 g/mol. The number of sulfonamides is 1. The predicted octanol–water partition coefficient (Wildman–Crippen LogP) is -0.189. The number of nitrogen functional groups attached to an aromatic ring is 1. The summed E-state index contributed by atoms with van der Waals surface area (Å²) >= 11 is 0. The zero-order valence-corrected chi connectivity index (χ0v) is 11.8. The van der Waals surface area contributed by atoms with E-state index in [1.54, 1.807) is 13.8 Å². The van der Waals surface area contributed by atoms with Gasteiger partial charge in [-0.1, -0.05) is 6.92 Å². The fraction of sp³-hybridized carbons (Fsp3) is 0.455. The van der Waals surface area contributed by atoms with Gasteiger partial charge in [0.2, 0.25) is 15.9 Å². The van der Waals surface area contributed by atoms with Gasteiger partial charge in [-0.2, -0.15) is 4.31 Å². The number of nitrogens with zero attached hydrogens (tertiary/aromatic N) is 2. The van der Waals surface area contributed by atoms with Gasteiger partial charge < -0.3 is 11.1 Å². The van der Waals surface area contributed by atoms with Crippen LogP contribution in [0.4, 0.5) is 5.82 Å². The number of hydrogen-bond donors (Lipinski definition) is 2. The lowest BCUT2D eigenvalue weighted by Crippen LogP contribution is -2.40. The van der Waals surface area contributed by atoms with E-state index in [-0.39, 0.29) is 29.7 Å². The van der Waals surface area contributed by atoms with Gasteiger partial charge in [-0.05, 0) is 19.1 Å². The highest BCUT2D eigenvalue weighted by Gasteiger charge is 2.25. The molecule has 8 heteroatoms. The maximum atomic E-state index is 12.3. The molecule has 0 aliphatic rings. The Labute approximate surface area is 112 Å². The zero-order chi connectivity index (χ0) is 14.5. The quantitative estimate of drug-likeness (QED) is 0.754. The second-order valence-corrected chi connectivity index (χ2v) is 5.74. The molecule has 0 radical (unpaired) electrons. The van der Waals surface area contributed by atoms with E-state index in [0.29, 0.717) is 6.54 Å². The van der Waals surface area contributed by atoms with E-state index in [1.807, 2.05) is 0 Å². The molecule has 19 heavy (non-hydrogen) atoms. The minimum absolute atomic E-state index is 0.0212. The molecular formula is C11H18N4O3S. The van der Waals surface area contributed by atoms with E-state index in [1.165, 1.54) is 18.3 Å². The lowest BCUT2D eigenvalue weighted by Gasteiger charge is -2.19. The first-order chi connectivity index (χ1) is 8.91. The molecule has 0 fully saturated rings. The van der Waals surface area contributed by atoms with Crippen molar-refractivity contribution in [3.05, 3.63) is 18.3 Å². The fourth-order valence-corrected chi connectivity index (χ4v) is 2.82. The molecule has 0 saturated heterocycles. The first-order valence-electron chi connectivity index (χ1n) is 5.90. The number of carbonyl (C=O) groups excluding carboxylic acids is 1. The molecule has 0 aromatic carbocycles. The lowest BCUT2D eigenvalue weighted by molar-refractivity contribution is -0.121. The summed E-state index contributed by atoms with van der Waals surface area (Å²) < 4.78 is 25.6. The molecule has 0 spiro atoms. The Morgan fingerprint density at radius 2 is 2.11 bits per heavy atom. The number of hydrogen-bond acceptors (Lipinski definition) is 5. The second-order valence-electron chi connectivity index (χ2n) is 3.80. The van der Waals surface area contributed by atoms with Gasteiger partial charge in [0.25, 0.3) is 0 Å². The van der Waals surface area contributed by atoms with Crippen molar-refractivity contribution in [3.8, 4) is 0 Å². The number of rotatable bonds is 6. The fourth-order valence-electron chi connectivity index (χ4n) is 1.47. The van der Waals surface area contributed by atoms with Crippen LogP contribution in [0.15, 0.2) is 23.2 Å². The van der Waals surface area contributed by atoms with Crippen LogP contribution in [0.5, 0.6) is 0 Å². The smallest absolute Gasteiger partial charge is 0.245 e. The highest BCUT2D eigenvalue weighted by molar-refractivity contribution is 7.89. The molecule has 1 heterocycles. The van der Waals surface area contributed by atoms with Crippen molar-refractivity contribution in [2.75, 3.05) is 25.4 Å². The number of pyridine rings is 1. The standard InChI is InChI=1S/C11H18N4O3S/c1-3-13-11(16)8-15(4-2)19(17,18)9-5-6-10(12)14-7-9/h5-7H,3-4,8H2,1-2H3,(H2,12,14)(H,13,16). The normalized spacial score (nSPS) is 11.5. The van der Waals surface area contributed by atoms with Crippen molar-refractivity contribution < 1.29 is 13.2 Å². The van der Waals surface area contributed by atoms with Crippen LogP contribution in [-0.2, 0) is 14.8 Å². The number of nitrogens with two attached hydrogens (primary N) is 1. The Hall–Kier alpha value is -1.67. The highest BCUT2D eigenvalue weighted by Crippen LogP contribution is 2.14. The Morgan fingerprint density at radius 1 is 1.42 bits per heavy atom. The first kappa shape index (κ1) is 15.4. The van der Waals surface area contributed by atoms with E-state index in [0.717, 1.165) is 4.31 Å². The molecule has 0 saturated carbocycles. The molecule has 106 valence electrons. The van der Waals surface area contributed by atoms with Crippen LogP contribution in [0.2, 0.25) is 0 Å². The maximum absolute atomic E-state index is 12.3. The molecule has 0 aliphatic carbocycles. The number of aromatic nitrogens is 1. The lowest BCUT2D eigenvalue weighted by atomic mass is 10.5. The third-order valence-corrected chi connectivity index (χ3v) is 4.35. The van der Waals surface area contributed by atoms with Gasteiger partial charge in [-0.25, -0.2) is 13.4 Å². The molecule has 0 unspecified atom stereocenters. The second kappa shape index (κ2) is 6.48. The molecule has 0 atom stereocenters. The third kappa shape index (κ3) is 3.90. The van der Waals surface area contributed by atoms with E-state index in [4.69, 9.17) is 5.73 Å². The highest BCUT2D eigenvalue weighted by atomic mass is 32.2. The summed E-state index contributed by atoms with van der Waals surface area (Å²) in [6.07, 6.45) is 1.19. The van der Waals surface area contributed by atoms with Crippen LogP contribution in [0.25, 0.3) is 0 Å². The maximum Gasteiger partial charge on any atom is 0.245 e. The molecule has 3 N–H and O–H groups in total. The van der Waals surface area contributed by atoms with Crippen molar-refractivity contribution in [1.29, 1.82) is 0 Å². The Balaban J connectivity index is 2.95. The molecule has 0 bridgehead atoms.